The highest BCUT2D eigenvalue weighted by molar-refractivity contribution is 6.36. The number of anilines is 1. The standard InChI is InChI=1S/C17H14Cl2N2O3/c1-11-13(18)9-14(19)17(20-11)21-15(22)10-24-16(23)8-7-12-5-3-2-4-6-12/h2-9H,10H2,1H3,(H,20,21,22)/b8-7+. The molecule has 5 nitrogen and oxygen atoms in total. The van der Waals surface area contributed by atoms with E-state index in [0.29, 0.717) is 10.7 Å². The van der Waals surface area contributed by atoms with E-state index < -0.39 is 18.5 Å². The van der Waals surface area contributed by atoms with E-state index in [1.807, 2.05) is 30.3 Å². The number of nitrogens with zero attached hydrogens (tertiary/aromatic N) is 1. The van der Waals surface area contributed by atoms with Crippen molar-refractivity contribution in [3.63, 3.8) is 0 Å². The first kappa shape index (κ1) is 18.0. The summed E-state index contributed by atoms with van der Waals surface area (Å²) in [5.41, 5.74) is 1.38. The van der Waals surface area contributed by atoms with E-state index in [9.17, 15) is 9.59 Å². The van der Waals surface area contributed by atoms with Crippen molar-refractivity contribution in [2.24, 2.45) is 0 Å². The molecule has 0 radical (unpaired) electrons. The maximum atomic E-state index is 11.8. The van der Waals surface area contributed by atoms with Gasteiger partial charge in [-0.15, -0.1) is 0 Å². The van der Waals surface area contributed by atoms with Gasteiger partial charge in [-0.3, -0.25) is 4.79 Å². The third-order valence-corrected chi connectivity index (χ3v) is 3.59. The van der Waals surface area contributed by atoms with Crippen LogP contribution in [-0.4, -0.2) is 23.5 Å². The van der Waals surface area contributed by atoms with Crippen LogP contribution in [0.3, 0.4) is 0 Å². The molecule has 0 unspecified atom stereocenters. The number of amides is 1. The highest BCUT2D eigenvalue weighted by atomic mass is 35.5. The quantitative estimate of drug-likeness (QED) is 0.645. The summed E-state index contributed by atoms with van der Waals surface area (Å²) in [5, 5.41) is 3.07. The predicted molar refractivity (Wildman–Crippen MR) is 94.1 cm³/mol. The fourth-order valence-corrected chi connectivity index (χ4v) is 2.13. The Hall–Kier alpha value is -2.37. The summed E-state index contributed by atoms with van der Waals surface area (Å²) in [6.45, 7) is 1.24. The Morgan fingerprint density at radius 3 is 2.62 bits per heavy atom. The van der Waals surface area contributed by atoms with Crippen molar-refractivity contribution >= 4 is 47.0 Å². The second kappa shape index (κ2) is 8.47. The van der Waals surface area contributed by atoms with Crippen LogP contribution in [0.4, 0.5) is 5.82 Å². The number of benzene rings is 1. The molecule has 1 heterocycles. The molecule has 1 amide bonds. The van der Waals surface area contributed by atoms with Crippen LogP contribution in [0.15, 0.2) is 42.5 Å². The number of aryl methyl sites for hydroxylation is 1. The van der Waals surface area contributed by atoms with Crippen LogP contribution in [-0.2, 0) is 14.3 Å². The maximum absolute atomic E-state index is 11.8. The van der Waals surface area contributed by atoms with Crippen LogP contribution in [0, 0.1) is 6.92 Å². The Morgan fingerprint density at radius 1 is 1.21 bits per heavy atom. The lowest BCUT2D eigenvalue weighted by atomic mass is 10.2. The van der Waals surface area contributed by atoms with Gasteiger partial charge < -0.3 is 10.1 Å². The van der Waals surface area contributed by atoms with E-state index in [2.05, 4.69) is 10.3 Å². The van der Waals surface area contributed by atoms with Crippen LogP contribution in [0.5, 0.6) is 0 Å². The number of ether oxygens (including phenoxy) is 1. The van der Waals surface area contributed by atoms with Gasteiger partial charge in [0, 0.05) is 6.08 Å². The number of carbonyl (C=O) groups excluding carboxylic acids is 2. The third kappa shape index (κ3) is 5.37. The molecular formula is C17H14Cl2N2O3. The van der Waals surface area contributed by atoms with E-state index in [4.69, 9.17) is 27.9 Å². The highest BCUT2D eigenvalue weighted by Crippen LogP contribution is 2.25. The van der Waals surface area contributed by atoms with E-state index in [1.165, 1.54) is 12.1 Å². The van der Waals surface area contributed by atoms with Crippen LogP contribution in [0.2, 0.25) is 10.0 Å². The normalized spacial score (nSPS) is 10.6. The average Bonchev–Trinajstić information content (AvgIpc) is 2.57. The van der Waals surface area contributed by atoms with Crippen molar-refractivity contribution in [3.8, 4) is 0 Å². The molecule has 7 heteroatoms. The van der Waals surface area contributed by atoms with Crippen molar-refractivity contribution in [1.82, 2.24) is 4.98 Å². The van der Waals surface area contributed by atoms with Gasteiger partial charge >= 0.3 is 5.97 Å². The molecule has 0 saturated heterocycles. The maximum Gasteiger partial charge on any atom is 0.331 e. The van der Waals surface area contributed by atoms with Gasteiger partial charge in [0.15, 0.2) is 12.4 Å². The zero-order chi connectivity index (χ0) is 17.5. The van der Waals surface area contributed by atoms with E-state index >= 15 is 0 Å². The molecule has 0 atom stereocenters. The lowest BCUT2D eigenvalue weighted by molar-refractivity contribution is -0.142. The Balaban J connectivity index is 1.86. The van der Waals surface area contributed by atoms with Gasteiger partial charge in [-0.2, -0.15) is 0 Å². The Kier molecular flexibility index (Phi) is 6.35. The van der Waals surface area contributed by atoms with Crippen molar-refractivity contribution in [3.05, 3.63) is 63.8 Å². The molecule has 0 aliphatic carbocycles. The second-order valence-electron chi connectivity index (χ2n) is 4.79. The van der Waals surface area contributed by atoms with Gasteiger partial charge in [-0.05, 0) is 24.6 Å². The molecule has 0 fully saturated rings. The molecule has 124 valence electrons. The number of esters is 1. The minimum Gasteiger partial charge on any atom is -0.452 e. The van der Waals surface area contributed by atoms with E-state index in [1.54, 1.807) is 13.0 Å². The molecule has 24 heavy (non-hydrogen) atoms. The van der Waals surface area contributed by atoms with Gasteiger partial charge in [0.05, 0.1) is 15.7 Å². The molecule has 1 aromatic heterocycles. The molecule has 2 rings (SSSR count). The van der Waals surface area contributed by atoms with E-state index in [0.717, 1.165) is 5.56 Å². The molecule has 0 aliphatic heterocycles. The summed E-state index contributed by atoms with van der Waals surface area (Å²) < 4.78 is 4.86. The number of halogens is 2. The number of aromatic nitrogens is 1. The smallest absolute Gasteiger partial charge is 0.331 e. The van der Waals surface area contributed by atoms with Gasteiger partial charge in [0.25, 0.3) is 5.91 Å². The summed E-state index contributed by atoms with van der Waals surface area (Å²) in [6.07, 6.45) is 2.85. The summed E-state index contributed by atoms with van der Waals surface area (Å²) in [4.78, 5) is 27.5. The molecule has 1 aromatic carbocycles. The van der Waals surface area contributed by atoms with Gasteiger partial charge in [0.2, 0.25) is 0 Å². The second-order valence-corrected chi connectivity index (χ2v) is 5.60. The van der Waals surface area contributed by atoms with Crippen LogP contribution < -0.4 is 5.32 Å². The fraction of sp³-hybridized carbons (Fsp3) is 0.118. The predicted octanol–water partition coefficient (Wildman–Crippen LogP) is 3.89. The number of carbonyl (C=O) groups is 2. The topological polar surface area (TPSA) is 68.3 Å². The SMILES string of the molecule is Cc1nc(NC(=O)COC(=O)/C=C/c2ccccc2)c(Cl)cc1Cl. The van der Waals surface area contributed by atoms with Gasteiger partial charge in [0.1, 0.15) is 0 Å². The minimum atomic E-state index is -0.625. The highest BCUT2D eigenvalue weighted by Gasteiger charge is 2.11. The first-order valence-corrected chi connectivity index (χ1v) is 7.73. The minimum absolute atomic E-state index is 0.166. The summed E-state index contributed by atoms with van der Waals surface area (Å²) >= 11 is 11.8. The molecule has 2 aromatic rings. The van der Waals surface area contributed by atoms with Crippen molar-refractivity contribution in [2.75, 3.05) is 11.9 Å². The molecular weight excluding hydrogens is 351 g/mol. The Morgan fingerprint density at radius 2 is 1.92 bits per heavy atom. The van der Waals surface area contributed by atoms with E-state index in [-0.39, 0.29) is 10.8 Å². The van der Waals surface area contributed by atoms with Crippen molar-refractivity contribution in [1.29, 1.82) is 0 Å². The first-order chi connectivity index (χ1) is 11.5. The zero-order valence-corrected chi connectivity index (χ0v) is 14.3. The Bertz CT molecular complexity index is 777. The fourth-order valence-electron chi connectivity index (χ4n) is 1.73. The number of rotatable bonds is 5. The number of nitrogens with one attached hydrogen (secondary N) is 1. The first-order valence-electron chi connectivity index (χ1n) is 6.98. The lowest BCUT2D eigenvalue weighted by Gasteiger charge is -2.08. The van der Waals surface area contributed by atoms with Crippen LogP contribution >= 0.6 is 23.2 Å². The average molecular weight is 365 g/mol. The van der Waals surface area contributed by atoms with Crippen LogP contribution in [0.1, 0.15) is 11.3 Å². The molecule has 0 spiro atoms. The summed E-state index contributed by atoms with van der Waals surface area (Å²) in [6, 6.07) is 10.7. The van der Waals surface area contributed by atoms with Crippen LogP contribution in [0.25, 0.3) is 6.08 Å². The molecule has 1 N–H and O–H groups in total. The summed E-state index contributed by atoms with van der Waals surface area (Å²) in [5.74, 6) is -1.01. The zero-order valence-electron chi connectivity index (χ0n) is 12.8. The molecule has 0 saturated carbocycles. The number of hydrogen-bond donors (Lipinski definition) is 1. The third-order valence-electron chi connectivity index (χ3n) is 2.92. The Labute approximate surface area is 149 Å². The van der Waals surface area contributed by atoms with Crippen molar-refractivity contribution in [2.45, 2.75) is 6.92 Å². The van der Waals surface area contributed by atoms with Gasteiger partial charge in [-0.25, -0.2) is 9.78 Å². The molecule has 0 bridgehead atoms. The molecule has 0 aliphatic rings. The summed E-state index contributed by atoms with van der Waals surface area (Å²) in [7, 11) is 0. The van der Waals surface area contributed by atoms with Crippen molar-refractivity contribution < 1.29 is 14.3 Å². The lowest BCUT2D eigenvalue weighted by Crippen LogP contribution is -2.21. The monoisotopic (exact) mass is 364 g/mol. The number of pyridine rings is 1. The van der Waals surface area contributed by atoms with Gasteiger partial charge in [-0.1, -0.05) is 53.5 Å². The largest absolute Gasteiger partial charge is 0.452 e. The number of hydrogen-bond acceptors (Lipinski definition) is 4.